The number of nitrogens with zero attached hydrogens (tertiary/aromatic N) is 7. The number of rotatable bonds is 10. The number of nitrogens with two attached hydrogens (primary N) is 1. The molecule has 22 heteroatoms. The summed E-state index contributed by atoms with van der Waals surface area (Å²) in [7, 11) is -2.19. The van der Waals surface area contributed by atoms with Crippen LogP contribution in [0.25, 0.3) is 32.4 Å². The van der Waals surface area contributed by atoms with Crippen LogP contribution in [-0.2, 0) is 46.9 Å². The van der Waals surface area contributed by atoms with Crippen LogP contribution in [0, 0.1) is 17.6 Å². The number of carbonyl (C=O) groups excluding carboxylic acids is 1. The lowest BCUT2D eigenvalue weighted by Crippen LogP contribution is -2.48. The lowest BCUT2D eigenvalue weighted by atomic mass is 9.73. The molecule has 2 aromatic carbocycles. The zero-order chi connectivity index (χ0) is 44.3. The fraction of sp³-hybridized carbons (Fsp3) is 0.425. The van der Waals surface area contributed by atoms with E-state index in [9.17, 15) is 35.2 Å². The third-order valence-electron chi connectivity index (χ3n) is 12.0. The molecule has 9 rings (SSSR count). The summed E-state index contributed by atoms with van der Waals surface area (Å²) in [4.78, 5) is 26.0. The predicted octanol–water partition coefficient (Wildman–Crippen LogP) is 7.13. The SMILES string of the molecule is Cn1nc(NS(C)(=O)=O)c2cccc(-c3cc4sc(N5CCC(C)(N)CC5)nc4nc3C(Cc3cc(F)cc(F)c3)NC(=O)Cn3nc(C(F)(F)F)c4c3C(F)(F)C3CC[C@H]43)c21. The van der Waals surface area contributed by atoms with Crippen LogP contribution >= 0.6 is 11.3 Å². The molecule has 4 N–H and O–H groups in total. The molecule has 3 aliphatic rings. The third-order valence-corrected chi connectivity index (χ3v) is 13.6. The second-order valence-corrected chi connectivity index (χ2v) is 19.5. The van der Waals surface area contributed by atoms with Gasteiger partial charge >= 0.3 is 6.18 Å². The number of pyridine rings is 1. The highest BCUT2D eigenvalue weighted by molar-refractivity contribution is 7.92. The first kappa shape index (κ1) is 42.0. The van der Waals surface area contributed by atoms with E-state index in [0.717, 1.165) is 18.4 Å². The number of thiazole rings is 1. The van der Waals surface area contributed by atoms with Crippen LogP contribution in [0.3, 0.4) is 0 Å². The second-order valence-electron chi connectivity index (χ2n) is 16.7. The number of alkyl halides is 5. The molecule has 328 valence electrons. The Morgan fingerprint density at radius 2 is 1.74 bits per heavy atom. The molecule has 1 saturated carbocycles. The van der Waals surface area contributed by atoms with Crippen LogP contribution in [-0.4, -0.2) is 68.7 Å². The normalized spacial score (nSPS) is 20.0. The van der Waals surface area contributed by atoms with Crippen molar-refractivity contribution in [3.05, 3.63) is 82.3 Å². The van der Waals surface area contributed by atoms with Crippen molar-refractivity contribution in [1.82, 2.24) is 34.8 Å². The van der Waals surface area contributed by atoms with Gasteiger partial charge in [-0.15, -0.1) is 0 Å². The van der Waals surface area contributed by atoms with Crippen LogP contribution < -0.4 is 20.7 Å². The van der Waals surface area contributed by atoms with Gasteiger partial charge in [-0.25, -0.2) is 22.2 Å². The predicted molar refractivity (Wildman–Crippen MR) is 217 cm³/mol. The molecule has 1 saturated heterocycles. The van der Waals surface area contributed by atoms with E-state index in [2.05, 4.69) is 25.1 Å². The maximum atomic E-state index is 15.8. The largest absolute Gasteiger partial charge is 0.435 e. The number of piperidine rings is 1. The van der Waals surface area contributed by atoms with Gasteiger partial charge in [-0.3, -0.25) is 18.9 Å². The van der Waals surface area contributed by atoms with Crippen LogP contribution in [0.2, 0.25) is 0 Å². The number of fused-ring (bicyclic) bond motifs is 5. The molecule has 2 aliphatic carbocycles. The van der Waals surface area contributed by atoms with Gasteiger partial charge < -0.3 is 16.0 Å². The Balaban J connectivity index is 1.19. The van der Waals surface area contributed by atoms with E-state index < -0.39 is 81.0 Å². The Morgan fingerprint density at radius 1 is 1.03 bits per heavy atom. The summed E-state index contributed by atoms with van der Waals surface area (Å²) in [5.74, 6) is -8.96. The first-order chi connectivity index (χ1) is 29.1. The number of sulfonamides is 1. The molecule has 0 spiro atoms. The number of nitrogens with one attached hydrogen (secondary N) is 2. The molecule has 3 atom stereocenters. The molecule has 62 heavy (non-hydrogen) atoms. The minimum atomic E-state index is -5.07. The first-order valence-corrected chi connectivity index (χ1v) is 22.4. The monoisotopic (exact) mass is 904 g/mol. The fourth-order valence-corrected chi connectivity index (χ4v) is 10.5. The number of aromatic nitrogens is 6. The van der Waals surface area contributed by atoms with Gasteiger partial charge in [0.05, 0.1) is 28.2 Å². The number of carbonyl (C=O) groups is 1. The first-order valence-electron chi connectivity index (χ1n) is 19.7. The Hall–Kier alpha value is -5.35. The molecule has 2 unspecified atom stereocenters. The summed E-state index contributed by atoms with van der Waals surface area (Å²) in [6.45, 7) is 2.14. The summed E-state index contributed by atoms with van der Waals surface area (Å²) < 4.78 is 133. The molecule has 5 heterocycles. The van der Waals surface area contributed by atoms with Gasteiger partial charge in [0.2, 0.25) is 15.9 Å². The van der Waals surface area contributed by atoms with Gasteiger partial charge in [0, 0.05) is 59.7 Å². The Bertz CT molecular complexity index is 2880. The highest BCUT2D eigenvalue weighted by Crippen LogP contribution is 2.64. The van der Waals surface area contributed by atoms with E-state index >= 15 is 8.78 Å². The van der Waals surface area contributed by atoms with Crippen molar-refractivity contribution in [3.63, 3.8) is 0 Å². The number of aryl methyl sites for hydroxylation is 1. The molecule has 0 radical (unpaired) electrons. The standard InChI is InChI=1S/C40H39F7N10O3S2/c1-38(48)9-11-56(12-10-38)37-51-36-28(61-37)17-25(22-5-4-6-24-32(22)55(2)53-35(24)54-62(3,59)60)31(50-36)27(15-19-13-20(41)16-21(42)14-19)49-29(58)18-57-34-30(33(52-57)40(45,46)47)23-7-8-26(23)39(34,43)44/h4-6,13-14,16-17,23,26-27H,7-12,15,18,48H2,1-3H3,(H,49,58)(H,53,54)/t23-,26?,27?/m0/s1. The number of hydrogen-bond acceptors (Lipinski definition) is 10. The maximum absolute atomic E-state index is 15.8. The molecule has 13 nitrogen and oxygen atoms in total. The van der Waals surface area contributed by atoms with Crippen LogP contribution in [0.4, 0.5) is 41.7 Å². The van der Waals surface area contributed by atoms with E-state index in [0.29, 0.717) is 68.5 Å². The minimum Gasteiger partial charge on any atom is -0.348 e. The van der Waals surface area contributed by atoms with Gasteiger partial charge in [-0.1, -0.05) is 23.5 Å². The second kappa shape index (κ2) is 14.6. The van der Waals surface area contributed by atoms with Crippen molar-refractivity contribution >= 4 is 59.5 Å². The van der Waals surface area contributed by atoms with Crippen molar-refractivity contribution in [3.8, 4) is 11.1 Å². The van der Waals surface area contributed by atoms with Crippen LogP contribution in [0.1, 0.15) is 72.8 Å². The zero-order valence-corrected chi connectivity index (χ0v) is 35.0. The molecule has 2 fully saturated rings. The number of amides is 1. The summed E-state index contributed by atoms with van der Waals surface area (Å²) in [6.07, 6.45) is -2.92. The van der Waals surface area contributed by atoms with Crippen LogP contribution in [0.5, 0.6) is 0 Å². The average molecular weight is 905 g/mol. The number of halogens is 7. The molecular formula is C40H39F7N10O3S2. The summed E-state index contributed by atoms with van der Waals surface area (Å²) in [6, 6.07) is 8.19. The van der Waals surface area contributed by atoms with E-state index in [-0.39, 0.29) is 47.5 Å². The minimum absolute atomic E-state index is 0.0107. The zero-order valence-electron chi connectivity index (χ0n) is 33.3. The number of para-hydroxylation sites is 1. The Labute approximate surface area is 353 Å². The molecule has 4 aromatic heterocycles. The topological polar surface area (TPSA) is 166 Å². The van der Waals surface area contributed by atoms with E-state index in [1.165, 1.54) is 16.0 Å². The molecule has 1 amide bonds. The number of hydrogen-bond donors (Lipinski definition) is 3. The molecule has 1 aliphatic heterocycles. The van der Waals surface area contributed by atoms with Gasteiger partial charge in [-0.2, -0.15) is 37.1 Å². The van der Waals surface area contributed by atoms with Crippen molar-refractivity contribution in [2.24, 2.45) is 18.7 Å². The van der Waals surface area contributed by atoms with Crippen molar-refractivity contribution in [1.29, 1.82) is 0 Å². The van der Waals surface area contributed by atoms with E-state index in [4.69, 9.17) is 15.7 Å². The lowest BCUT2D eigenvalue weighted by molar-refractivity contribution is -0.144. The van der Waals surface area contributed by atoms with Crippen molar-refractivity contribution < 1.29 is 43.9 Å². The highest BCUT2D eigenvalue weighted by Gasteiger charge is 2.63. The quantitative estimate of drug-likeness (QED) is 0.121. The summed E-state index contributed by atoms with van der Waals surface area (Å²) >= 11 is 1.34. The smallest absolute Gasteiger partial charge is 0.348 e. The fourth-order valence-electron chi connectivity index (χ4n) is 9.01. The van der Waals surface area contributed by atoms with Crippen molar-refractivity contribution in [2.75, 3.05) is 29.0 Å². The highest BCUT2D eigenvalue weighted by atomic mass is 32.2. The van der Waals surface area contributed by atoms with E-state index in [1.54, 1.807) is 31.3 Å². The van der Waals surface area contributed by atoms with Gasteiger partial charge in [0.1, 0.15) is 23.9 Å². The third kappa shape index (κ3) is 7.52. The van der Waals surface area contributed by atoms with Gasteiger partial charge in [0.25, 0.3) is 5.92 Å². The Morgan fingerprint density at radius 3 is 2.39 bits per heavy atom. The summed E-state index contributed by atoms with van der Waals surface area (Å²) in [5, 5.41) is 11.7. The molecule has 6 aromatic rings. The van der Waals surface area contributed by atoms with Gasteiger partial charge in [0.15, 0.2) is 22.3 Å². The van der Waals surface area contributed by atoms with E-state index in [1.807, 2.05) is 6.92 Å². The molecular weight excluding hydrogens is 866 g/mol. The maximum Gasteiger partial charge on any atom is 0.435 e. The lowest BCUT2D eigenvalue weighted by Gasteiger charge is -2.36. The number of anilines is 2. The Kier molecular flexibility index (Phi) is 9.89. The van der Waals surface area contributed by atoms with Crippen molar-refractivity contribution in [2.45, 2.75) is 75.2 Å². The van der Waals surface area contributed by atoms with Crippen LogP contribution in [0.15, 0.2) is 42.5 Å². The summed E-state index contributed by atoms with van der Waals surface area (Å²) in [5.41, 5.74) is 4.61. The van der Waals surface area contributed by atoms with Gasteiger partial charge in [-0.05, 0) is 74.8 Å². The number of benzene rings is 2. The average Bonchev–Trinajstić information content (AvgIpc) is 3.85. The molecule has 0 bridgehead atoms.